The Balaban J connectivity index is 0.000000360. The van der Waals surface area contributed by atoms with Crippen molar-refractivity contribution in [2.24, 2.45) is 5.92 Å². The number of carboxylic acid groups (broad SMARTS) is 1. The zero-order valence-corrected chi connectivity index (χ0v) is 12.9. The summed E-state index contributed by atoms with van der Waals surface area (Å²) >= 11 is 0. The smallest absolute Gasteiger partial charge is 0.306 e. The van der Waals surface area contributed by atoms with Crippen LogP contribution in [0.3, 0.4) is 0 Å². The maximum atomic E-state index is 9.93. The lowest BCUT2D eigenvalue weighted by molar-refractivity contribution is -0.141. The number of carbonyl (C=O) groups is 1. The van der Waals surface area contributed by atoms with Gasteiger partial charge in [-0.15, -0.1) is 12.4 Å². The van der Waals surface area contributed by atoms with E-state index in [1.165, 1.54) is 38.8 Å². The van der Waals surface area contributed by atoms with Crippen LogP contribution in [-0.4, -0.2) is 46.3 Å². The van der Waals surface area contributed by atoms with E-state index in [4.69, 9.17) is 5.11 Å². The first-order chi connectivity index (χ1) is 8.56. The molecule has 0 aliphatic carbocycles. The van der Waals surface area contributed by atoms with Gasteiger partial charge < -0.3 is 10.2 Å². The number of aliphatic hydroxyl groups excluding tert-OH is 1. The van der Waals surface area contributed by atoms with E-state index in [9.17, 15) is 9.90 Å². The van der Waals surface area contributed by atoms with Gasteiger partial charge in [-0.2, -0.15) is 0 Å². The van der Waals surface area contributed by atoms with Gasteiger partial charge in [0, 0.05) is 6.04 Å². The van der Waals surface area contributed by atoms with E-state index in [0.29, 0.717) is 6.04 Å². The van der Waals surface area contributed by atoms with Crippen LogP contribution in [0.4, 0.5) is 0 Å². The van der Waals surface area contributed by atoms with E-state index < -0.39 is 5.97 Å². The predicted molar refractivity (Wildman–Crippen MR) is 78.8 cm³/mol. The van der Waals surface area contributed by atoms with Crippen LogP contribution in [0.2, 0.25) is 0 Å². The molecule has 0 aromatic rings. The molecule has 0 aromatic carbocycles. The predicted octanol–water partition coefficient (Wildman–Crippen LogP) is 2.53. The van der Waals surface area contributed by atoms with Crippen LogP contribution in [0.1, 0.15) is 52.4 Å². The molecule has 2 N–H and O–H groups in total. The number of aliphatic carboxylic acids is 1. The Morgan fingerprint density at radius 3 is 2.37 bits per heavy atom. The molecule has 4 nitrogen and oxygen atoms in total. The van der Waals surface area contributed by atoms with Crippen molar-refractivity contribution in [3.8, 4) is 0 Å². The fourth-order valence-corrected chi connectivity index (χ4v) is 2.60. The zero-order chi connectivity index (χ0) is 13.5. The standard InChI is InChI=1S/C9H17NO.C5H10O2.ClH/c11-9-5-3-7-10-6-2-1-4-8(9)10;1-3-4(2)5(6)7;/h8-9,11H,1-7H2;4H,3H2,1-2H3,(H,6,7);1H/t8-,9-;;/m1../s1. The molecule has 5 heteroatoms. The van der Waals surface area contributed by atoms with E-state index in [2.05, 4.69) is 4.90 Å². The Hall–Kier alpha value is -0.320. The van der Waals surface area contributed by atoms with E-state index in [1.54, 1.807) is 6.92 Å². The van der Waals surface area contributed by atoms with Crippen molar-refractivity contribution in [2.45, 2.75) is 64.5 Å². The summed E-state index contributed by atoms with van der Waals surface area (Å²) < 4.78 is 0. The highest BCUT2D eigenvalue weighted by atomic mass is 35.5. The fraction of sp³-hybridized carbons (Fsp3) is 0.929. The second kappa shape index (κ2) is 9.56. The minimum Gasteiger partial charge on any atom is -0.481 e. The first-order valence-corrected chi connectivity index (χ1v) is 7.21. The Labute approximate surface area is 122 Å². The second-order valence-electron chi connectivity index (χ2n) is 5.46. The molecule has 0 spiro atoms. The minimum absolute atomic E-state index is 0. The van der Waals surface area contributed by atoms with Crippen molar-refractivity contribution >= 4 is 18.4 Å². The van der Waals surface area contributed by atoms with Gasteiger partial charge in [-0.1, -0.05) is 20.3 Å². The number of hydrogen-bond acceptors (Lipinski definition) is 3. The van der Waals surface area contributed by atoms with Gasteiger partial charge in [0.2, 0.25) is 0 Å². The lowest BCUT2D eigenvalue weighted by Gasteiger charge is -2.42. The fourth-order valence-electron chi connectivity index (χ4n) is 2.60. The molecule has 0 aromatic heterocycles. The van der Waals surface area contributed by atoms with Crippen LogP contribution < -0.4 is 0 Å². The molecule has 2 fully saturated rings. The summed E-state index contributed by atoms with van der Waals surface area (Å²) in [7, 11) is 0. The molecule has 2 aliphatic heterocycles. The molecule has 0 radical (unpaired) electrons. The second-order valence-corrected chi connectivity index (χ2v) is 5.46. The molecular formula is C14H28ClNO3. The van der Waals surface area contributed by atoms with Gasteiger partial charge in [0.15, 0.2) is 0 Å². The van der Waals surface area contributed by atoms with Gasteiger partial charge >= 0.3 is 5.97 Å². The van der Waals surface area contributed by atoms with Crippen molar-refractivity contribution in [2.75, 3.05) is 13.1 Å². The molecule has 2 rings (SSSR count). The van der Waals surface area contributed by atoms with E-state index >= 15 is 0 Å². The number of carboxylic acids is 1. The third-order valence-corrected chi connectivity index (χ3v) is 4.09. The summed E-state index contributed by atoms with van der Waals surface area (Å²) in [6.45, 7) is 6.00. The Kier molecular flexibility index (Phi) is 9.40. The van der Waals surface area contributed by atoms with Crippen LogP contribution in [0.25, 0.3) is 0 Å². The molecule has 0 bridgehead atoms. The summed E-state index contributed by atoms with van der Waals surface area (Å²) in [5.74, 6) is -0.887. The van der Waals surface area contributed by atoms with Crippen LogP contribution in [0, 0.1) is 5.92 Å². The summed E-state index contributed by atoms with van der Waals surface area (Å²) in [4.78, 5) is 12.4. The Morgan fingerprint density at radius 2 is 1.89 bits per heavy atom. The van der Waals surface area contributed by atoms with E-state index in [0.717, 1.165) is 12.8 Å². The summed E-state index contributed by atoms with van der Waals surface area (Å²) in [5, 5.41) is 17.8. The minimum atomic E-state index is -0.706. The van der Waals surface area contributed by atoms with Crippen molar-refractivity contribution in [3.05, 3.63) is 0 Å². The molecule has 0 saturated carbocycles. The average molecular weight is 294 g/mol. The van der Waals surface area contributed by atoms with Gasteiger partial charge in [-0.05, 0) is 45.2 Å². The van der Waals surface area contributed by atoms with Crippen LogP contribution in [0.15, 0.2) is 0 Å². The SMILES string of the molecule is CCC(C)C(=O)O.Cl.O[C@@H]1CCCN2CCCC[C@H]12. The highest BCUT2D eigenvalue weighted by Crippen LogP contribution is 2.25. The number of aliphatic hydroxyl groups is 1. The van der Waals surface area contributed by atoms with Gasteiger partial charge in [-0.3, -0.25) is 9.69 Å². The largest absolute Gasteiger partial charge is 0.481 e. The van der Waals surface area contributed by atoms with Crippen LogP contribution in [-0.2, 0) is 4.79 Å². The molecule has 0 amide bonds. The lowest BCUT2D eigenvalue weighted by Crippen LogP contribution is -2.50. The molecule has 114 valence electrons. The van der Waals surface area contributed by atoms with Gasteiger partial charge in [-0.25, -0.2) is 0 Å². The lowest BCUT2D eigenvalue weighted by atomic mass is 9.91. The summed E-state index contributed by atoms with van der Waals surface area (Å²) in [5.41, 5.74) is 0. The monoisotopic (exact) mass is 293 g/mol. The molecule has 3 atom stereocenters. The topological polar surface area (TPSA) is 60.8 Å². The Morgan fingerprint density at radius 1 is 1.26 bits per heavy atom. The highest BCUT2D eigenvalue weighted by molar-refractivity contribution is 5.85. The third kappa shape index (κ3) is 6.11. The zero-order valence-electron chi connectivity index (χ0n) is 12.0. The van der Waals surface area contributed by atoms with Crippen LogP contribution >= 0.6 is 12.4 Å². The first kappa shape index (κ1) is 18.7. The van der Waals surface area contributed by atoms with Gasteiger partial charge in [0.05, 0.1) is 12.0 Å². The quantitative estimate of drug-likeness (QED) is 0.821. The van der Waals surface area contributed by atoms with Crippen LogP contribution in [0.5, 0.6) is 0 Å². The normalized spacial score (nSPS) is 28.2. The maximum absolute atomic E-state index is 9.93. The van der Waals surface area contributed by atoms with Gasteiger partial charge in [0.25, 0.3) is 0 Å². The molecule has 2 saturated heterocycles. The molecular weight excluding hydrogens is 266 g/mol. The molecule has 1 unspecified atom stereocenters. The molecule has 2 heterocycles. The van der Waals surface area contributed by atoms with Crippen molar-refractivity contribution < 1.29 is 15.0 Å². The Bertz CT molecular complexity index is 261. The van der Waals surface area contributed by atoms with Crippen molar-refractivity contribution in [1.29, 1.82) is 0 Å². The molecule has 19 heavy (non-hydrogen) atoms. The highest BCUT2D eigenvalue weighted by Gasteiger charge is 2.31. The number of fused-ring (bicyclic) bond motifs is 1. The number of piperidine rings is 2. The van der Waals surface area contributed by atoms with Crippen molar-refractivity contribution in [3.63, 3.8) is 0 Å². The van der Waals surface area contributed by atoms with E-state index in [-0.39, 0.29) is 24.4 Å². The third-order valence-electron chi connectivity index (χ3n) is 4.09. The first-order valence-electron chi connectivity index (χ1n) is 7.21. The summed E-state index contributed by atoms with van der Waals surface area (Å²) in [6.07, 6.45) is 6.79. The average Bonchev–Trinajstić information content (AvgIpc) is 2.39. The maximum Gasteiger partial charge on any atom is 0.306 e. The van der Waals surface area contributed by atoms with E-state index in [1.807, 2.05) is 6.92 Å². The number of nitrogens with zero attached hydrogens (tertiary/aromatic N) is 1. The number of halogens is 1. The van der Waals surface area contributed by atoms with Crippen molar-refractivity contribution in [1.82, 2.24) is 4.90 Å². The summed E-state index contributed by atoms with van der Waals surface area (Å²) in [6, 6.07) is 0.512. The molecule has 2 aliphatic rings. The number of rotatable bonds is 2. The van der Waals surface area contributed by atoms with Gasteiger partial charge in [0.1, 0.15) is 0 Å². The number of hydrogen-bond donors (Lipinski definition) is 2.